The summed E-state index contributed by atoms with van der Waals surface area (Å²) in [4.78, 5) is 0.837. The van der Waals surface area contributed by atoms with E-state index in [1.807, 2.05) is 30.3 Å². The van der Waals surface area contributed by atoms with Gasteiger partial charge in [0.2, 0.25) is 0 Å². The van der Waals surface area contributed by atoms with Crippen LogP contribution < -0.4 is 0 Å². The normalized spacial score (nSPS) is 21.2. The van der Waals surface area contributed by atoms with Crippen LogP contribution in [-0.4, -0.2) is 36.5 Å². The molecule has 124 valence electrons. The highest BCUT2D eigenvalue weighted by Gasteiger charge is 2.14. The zero-order valence-electron chi connectivity index (χ0n) is 13.4. The predicted molar refractivity (Wildman–Crippen MR) is 89.5 cm³/mol. The Labute approximate surface area is 134 Å². The molecular formula is C17H27NO3S. The van der Waals surface area contributed by atoms with E-state index in [1.165, 1.54) is 6.42 Å². The van der Waals surface area contributed by atoms with Gasteiger partial charge < -0.3 is 9.47 Å². The van der Waals surface area contributed by atoms with Crippen LogP contribution in [0.25, 0.3) is 0 Å². The highest BCUT2D eigenvalue weighted by atomic mass is 32.2. The minimum Gasteiger partial charge on any atom is -0.353 e. The first-order chi connectivity index (χ1) is 10.7. The molecule has 0 aromatic heterocycles. The first-order valence-electron chi connectivity index (χ1n) is 8.16. The third kappa shape index (κ3) is 5.38. The molecule has 2 unspecified atom stereocenters. The summed E-state index contributed by atoms with van der Waals surface area (Å²) >= 11 is 0. The lowest BCUT2D eigenvalue weighted by Gasteiger charge is -2.22. The Balaban J connectivity index is 1.66. The number of unbranched alkanes of at least 4 members (excludes halogenated alkanes) is 2. The SMILES string of the molecule is CN=S(=O)(CCCCCOC1CCCCO1)c1ccccc1. The van der Waals surface area contributed by atoms with Gasteiger partial charge in [-0.2, -0.15) is 0 Å². The Hall–Kier alpha value is -0.910. The molecule has 2 rings (SSSR count). The van der Waals surface area contributed by atoms with Gasteiger partial charge in [-0.1, -0.05) is 24.6 Å². The van der Waals surface area contributed by atoms with Crippen molar-refractivity contribution in [3.05, 3.63) is 30.3 Å². The number of nitrogens with zero attached hydrogens (tertiary/aromatic N) is 1. The first kappa shape index (κ1) is 17.4. The third-order valence-corrected chi connectivity index (χ3v) is 6.35. The fourth-order valence-electron chi connectivity index (χ4n) is 2.58. The number of benzene rings is 1. The van der Waals surface area contributed by atoms with Crippen LogP contribution in [0.3, 0.4) is 0 Å². The van der Waals surface area contributed by atoms with Crippen LogP contribution in [0.15, 0.2) is 39.6 Å². The van der Waals surface area contributed by atoms with Crippen LogP contribution in [0, 0.1) is 0 Å². The Kier molecular flexibility index (Phi) is 7.36. The molecule has 5 heteroatoms. The minimum atomic E-state index is -2.25. The second-order valence-electron chi connectivity index (χ2n) is 5.57. The van der Waals surface area contributed by atoms with E-state index in [-0.39, 0.29) is 6.29 Å². The number of hydrogen-bond donors (Lipinski definition) is 0. The Morgan fingerprint density at radius 3 is 2.73 bits per heavy atom. The van der Waals surface area contributed by atoms with Crippen LogP contribution in [0.4, 0.5) is 0 Å². The molecule has 1 aromatic carbocycles. The number of ether oxygens (including phenoxy) is 2. The van der Waals surface area contributed by atoms with Gasteiger partial charge in [0, 0.05) is 30.9 Å². The van der Waals surface area contributed by atoms with Gasteiger partial charge in [0.25, 0.3) is 0 Å². The number of hydrogen-bond acceptors (Lipinski definition) is 4. The monoisotopic (exact) mass is 325 g/mol. The molecule has 1 saturated heterocycles. The highest BCUT2D eigenvalue weighted by Crippen LogP contribution is 2.16. The van der Waals surface area contributed by atoms with Gasteiger partial charge in [0.1, 0.15) is 0 Å². The molecule has 0 saturated carbocycles. The summed E-state index contributed by atoms with van der Waals surface area (Å²) in [5, 5.41) is 0. The lowest BCUT2D eigenvalue weighted by molar-refractivity contribution is -0.162. The van der Waals surface area contributed by atoms with Crippen molar-refractivity contribution in [3.63, 3.8) is 0 Å². The van der Waals surface area contributed by atoms with E-state index in [0.717, 1.165) is 50.2 Å². The summed E-state index contributed by atoms with van der Waals surface area (Å²) in [5.41, 5.74) is 0. The van der Waals surface area contributed by atoms with Gasteiger partial charge in [0.05, 0.1) is 9.73 Å². The van der Waals surface area contributed by atoms with Gasteiger partial charge in [-0.05, 0) is 44.2 Å². The summed E-state index contributed by atoms with van der Waals surface area (Å²) in [6.07, 6.45) is 6.24. The molecule has 2 atom stereocenters. The molecule has 1 heterocycles. The van der Waals surface area contributed by atoms with Gasteiger partial charge in [-0.25, -0.2) is 8.57 Å². The molecule has 22 heavy (non-hydrogen) atoms. The average Bonchev–Trinajstić information content (AvgIpc) is 2.59. The Bertz CT molecular complexity index is 532. The maximum Gasteiger partial charge on any atom is 0.157 e. The van der Waals surface area contributed by atoms with Gasteiger partial charge in [0.15, 0.2) is 6.29 Å². The summed E-state index contributed by atoms with van der Waals surface area (Å²) in [7, 11) is -0.602. The fraction of sp³-hybridized carbons (Fsp3) is 0.647. The zero-order chi connectivity index (χ0) is 15.7. The minimum absolute atomic E-state index is 0.00654. The molecule has 0 spiro atoms. The number of rotatable bonds is 8. The van der Waals surface area contributed by atoms with Crippen molar-refractivity contribution >= 4 is 9.73 Å². The van der Waals surface area contributed by atoms with E-state index in [4.69, 9.17) is 9.47 Å². The second-order valence-corrected chi connectivity index (χ2v) is 8.09. The summed E-state index contributed by atoms with van der Waals surface area (Å²) in [6.45, 7) is 1.54. The van der Waals surface area contributed by atoms with Gasteiger partial charge in [-0.3, -0.25) is 0 Å². The molecule has 1 aliphatic heterocycles. The van der Waals surface area contributed by atoms with E-state index in [9.17, 15) is 4.21 Å². The Morgan fingerprint density at radius 1 is 1.23 bits per heavy atom. The van der Waals surface area contributed by atoms with Crippen molar-refractivity contribution in [2.24, 2.45) is 4.36 Å². The quantitative estimate of drug-likeness (QED) is 0.682. The second kappa shape index (κ2) is 9.28. The average molecular weight is 325 g/mol. The molecule has 1 aromatic rings. The predicted octanol–water partition coefficient (Wildman–Crippen LogP) is 3.86. The van der Waals surface area contributed by atoms with Crippen LogP contribution in [0.5, 0.6) is 0 Å². The van der Waals surface area contributed by atoms with Crippen molar-refractivity contribution in [2.45, 2.75) is 49.7 Å². The summed E-state index contributed by atoms with van der Waals surface area (Å²) < 4.78 is 28.2. The lowest BCUT2D eigenvalue weighted by atomic mass is 10.2. The van der Waals surface area contributed by atoms with Gasteiger partial charge in [-0.15, -0.1) is 0 Å². The lowest BCUT2D eigenvalue weighted by Crippen LogP contribution is -2.22. The summed E-state index contributed by atoms with van der Waals surface area (Å²) in [6, 6.07) is 9.57. The maximum absolute atomic E-state index is 12.8. The van der Waals surface area contributed by atoms with Crippen molar-refractivity contribution in [2.75, 3.05) is 26.0 Å². The van der Waals surface area contributed by atoms with Crippen molar-refractivity contribution in [1.82, 2.24) is 0 Å². The van der Waals surface area contributed by atoms with E-state index in [2.05, 4.69) is 4.36 Å². The van der Waals surface area contributed by atoms with E-state index in [1.54, 1.807) is 7.05 Å². The van der Waals surface area contributed by atoms with E-state index in [0.29, 0.717) is 5.75 Å². The molecule has 0 aliphatic carbocycles. The first-order valence-corrected chi connectivity index (χ1v) is 9.84. The molecule has 4 nitrogen and oxygen atoms in total. The third-order valence-electron chi connectivity index (χ3n) is 3.91. The largest absolute Gasteiger partial charge is 0.353 e. The molecule has 0 N–H and O–H groups in total. The molecule has 1 aliphatic rings. The van der Waals surface area contributed by atoms with Crippen molar-refractivity contribution in [3.8, 4) is 0 Å². The fourth-order valence-corrected chi connectivity index (χ4v) is 4.39. The summed E-state index contributed by atoms with van der Waals surface area (Å²) in [5.74, 6) is 0.618. The van der Waals surface area contributed by atoms with Crippen LogP contribution in [0.1, 0.15) is 38.5 Å². The molecule has 1 fully saturated rings. The van der Waals surface area contributed by atoms with Gasteiger partial charge >= 0.3 is 0 Å². The van der Waals surface area contributed by atoms with Crippen molar-refractivity contribution in [1.29, 1.82) is 0 Å². The molecule has 0 radical (unpaired) electrons. The van der Waals surface area contributed by atoms with E-state index >= 15 is 0 Å². The maximum atomic E-state index is 12.8. The molecular weight excluding hydrogens is 298 g/mol. The van der Waals surface area contributed by atoms with E-state index < -0.39 is 9.73 Å². The smallest absolute Gasteiger partial charge is 0.157 e. The topological polar surface area (TPSA) is 47.9 Å². The zero-order valence-corrected chi connectivity index (χ0v) is 14.2. The standard InChI is InChI=1S/C17H27NO3S/c1-18-22(19,16-10-4-2-5-11-16)15-9-3-7-13-20-17-12-6-8-14-21-17/h2,4-5,10-11,17H,3,6-9,12-15H2,1H3. The highest BCUT2D eigenvalue weighted by molar-refractivity contribution is 7.93. The van der Waals surface area contributed by atoms with Crippen LogP contribution in [-0.2, 0) is 19.2 Å². The van der Waals surface area contributed by atoms with Crippen LogP contribution in [0.2, 0.25) is 0 Å². The van der Waals surface area contributed by atoms with Crippen LogP contribution >= 0.6 is 0 Å². The Morgan fingerprint density at radius 2 is 2.05 bits per heavy atom. The van der Waals surface area contributed by atoms with Crippen molar-refractivity contribution < 1.29 is 13.7 Å². The molecule has 0 bridgehead atoms. The molecule has 0 amide bonds.